The monoisotopic (exact) mass is 424 g/mol. The molecule has 0 amide bonds. The average Bonchev–Trinajstić information content (AvgIpc) is 3.40. The molecule has 0 bridgehead atoms. The average molecular weight is 424 g/mol. The highest BCUT2D eigenvalue weighted by molar-refractivity contribution is 5.12. The molecule has 2 aliphatic carbocycles. The zero-order chi connectivity index (χ0) is 22.1. The lowest BCUT2D eigenvalue weighted by Crippen LogP contribution is -2.47. The van der Waals surface area contributed by atoms with E-state index < -0.39 is 41.7 Å². The van der Waals surface area contributed by atoms with Crippen LogP contribution in [0.1, 0.15) is 78.1 Å². The summed E-state index contributed by atoms with van der Waals surface area (Å²) in [6.45, 7) is 7.30. The van der Waals surface area contributed by atoms with Crippen LogP contribution < -0.4 is 0 Å². The second kappa shape index (κ2) is 11.8. The number of halogens is 5. The van der Waals surface area contributed by atoms with E-state index in [1.807, 2.05) is 0 Å². The van der Waals surface area contributed by atoms with Gasteiger partial charge in [0, 0.05) is 5.41 Å². The van der Waals surface area contributed by atoms with Gasteiger partial charge in [0.25, 0.3) is 0 Å². The first kappa shape index (κ1) is 25.8. The Bertz CT molecular complexity index is 576. The molecule has 0 radical (unpaired) electrons. The van der Waals surface area contributed by atoms with Gasteiger partial charge in [0.2, 0.25) is 5.83 Å². The molecule has 29 heavy (non-hydrogen) atoms. The number of hydrogen-bond donors (Lipinski definition) is 1. The summed E-state index contributed by atoms with van der Waals surface area (Å²) in [7, 11) is 0. The summed E-state index contributed by atoms with van der Waals surface area (Å²) in [5, 5.41) is 9.17. The van der Waals surface area contributed by atoms with E-state index >= 15 is 0 Å². The summed E-state index contributed by atoms with van der Waals surface area (Å²) in [5.74, 6) is -9.16. The molecule has 0 aromatic heterocycles. The highest BCUT2D eigenvalue weighted by Gasteiger charge is 2.56. The lowest BCUT2D eigenvalue weighted by atomic mass is 9.70. The van der Waals surface area contributed by atoms with Crippen LogP contribution in [0.15, 0.2) is 36.2 Å². The Hall–Kier alpha value is -1.21. The highest BCUT2D eigenvalue weighted by Crippen LogP contribution is 2.52. The smallest absolute Gasteiger partial charge is 0.252 e. The molecule has 1 N–H and O–H groups in total. The van der Waals surface area contributed by atoms with Crippen LogP contribution in [0.5, 0.6) is 0 Å². The minimum absolute atomic E-state index is 0.422. The number of hydrogen-bond acceptors (Lipinski definition) is 2. The second-order valence-corrected chi connectivity index (χ2v) is 7.89. The van der Waals surface area contributed by atoms with Crippen LogP contribution in [0.4, 0.5) is 22.0 Å². The molecule has 0 aromatic rings. The molecule has 0 heterocycles. The second-order valence-electron chi connectivity index (χ2n) is 7.89. The van der Waals surface area contributed by atoms with E-state index in [4.69, 9.17) is 5.26 Å². The Kier molecular flexibility index (Phi) is 10.5. The van der Waals surface area contributed by atoms with Crippen LogP contribution >= 0.6 is 0 Å². The van der Waals surface area contributed by atoms with Gasteiger partial charge in [-0.15, -0.1) is 6.58 Å². The van der Waals surface area contributed by atoms with E-state index in [9.17, 15) is 22.0 Å². The van der Waals surface area contributed by atoms with Gasteiger partial charge in [0.15, 0.2) is 0 Å². The summed E-state index contributed by atoms with van der Waals surface area (Å²) in [6.07, 6.45) is 6.86. The third-order valence-electron chi connectivity index (χ3n) is 6.32. The number of rotatable bonds is 9. The Morgan fingerprint density at radius 2 is 1.86 bits per heavy atom. The van der Waals surface area contributed by atoms with E-state index in [2.05, 4.69) is 24.5 Å². The van der Waals surface area contributed by atoms with Gasteiger partial charge >= 0.3 is 12.0 Å². The van der Waals surface area contributed by atoms with Crippen LogP contribution in [0.2, 0.25) is 0 Å². The summed E-state index contributed by atoms with van der Waals surface area (Å²) in [6, 6.07) is 0. The van der Waals surface area contributed by atoms with Gasteiger partial charge in [0.1, 0.15) is 6.10 Å². The Balaban J connectivity index is 0.000000502. The molecule has 7 heteroatoms. The quantitative estimate of drug-likeness (QED) is 0.175. The van der Waals surface area contributed by atoms with Crippen molar-refractivity contribution in [3.63, 3.8) is 0 Å². The molecule has 2 aliphatic rings. The minimum Gasteiger partial charge on any atom is -0.252 e. The molecule has 0 aliphatic heterocycles. The maximum Gasteiger partial charge on any atom is 0.309 e. The Labute approximate surface area is 170 Å². The van der Waals surface area contributed by atoms with Crippen molar-refractivity contribution in [2.45, 2.75) is 90.1 Å². The Morgan fingerprint density at radius 3 is 2.21 bits per heavy atom. The lowest BCUT2D eigenvalue weighted by molar-refractivity contribution is -0.331. The first-order chi connectivity index (χ1) is 13.7. The summed E-state index contributed by atoms with van der Waals surface area (Å²) in [5.41, 5.74) is 0.888. The van der Waals surface area contributed by atoms with E-state index in [0.29, 0.717) is 19.3 Å². The van der Waals surface area contributed by atoms with Gasteiger partial charge in [-0.3, -0.25) is 5.26 Å². The summed E-state index contributed by atoms with van der Waals surface area (Å²) < 4.78 is 66.3. The zero-order valence-corrected chi connectivity index (χ0v) is 17.3. The fourth-order valence-corrected chi connectivity index (χ4v) is 4.52. The topological polar surface area (TPSA) is 29.5 Å². The molecule has 2 rings (SSSR count). The third kappa shape index (κ3) is 6.38. The minimum atomic E-state index is -4.44. The van der Waals surface area contributed by atoms with Crippen molar-refractivity contribution in [3.8, 4) is 0 Å². The van der Waals surface area contributed by atoms with Crippen molar-refractivity contribution < 1.29 is 32.1 Å². The van der Waals surface area contributed by atoms with Gasteiger partial charge in [-0.05, 0) is 51.4 Å². The zero-order valence-electron chi connectivity index (χ0n) is 17.3. The van der Waals surface area contributed by atoms with Gasteiger partial charge in [-0.25, -0.2) is 4.89 Å². The van der Waals surface area contributed by atoms with Crippen LogP contribution in [0, 0.1) is 11.3 Å². The Morgan fingerprint density at radius 1 is 1.24 bits per heavy atom. The van der Waals surface area contributed by atoms with Gasteiger partial charge < -0.3 is 0 Å². The van der Waals surface area contributed by atoms with E-state index in [1.165, 1.54) is 25.7 Å². The van der Waals surface area contributed by atoms with Crippen LogP contribution in [0.25, 0.3) is 0 Å². The summed E-state index contributed by atoms with van der Waals surface area (Å²) >= 11 is 0. The molecule has 168 valence electrons. The van der Waals surface area contributed by atoms with E-state index in [1.54, 1.807) is 12.5 Å². The first-order valence-corrected chi connectivity index (χ1v) is 10.4. The van der Waals surface area contributed by atoms with Crippen LogP contribution in [-0.4, -0.2) is 17.3 Å². The van der Waals surface area contributed by atoms with Gasteiger partial charge in [-0.2, -0.15) is 22.0 Å². The molecule has 2 atom stereocenters. The van der Waals surface area contributed by atoms with Crippen molar-refractivity contribution in [2.24, 2.45) is 11.3 Å². The molecule has 2 unspecified atom stereocenters. The number of alkyl halides is 2. The molecule has 0 spiro atoms. The summed E-state index contributed by atoms with van der Waals surface area (Å²) in [4.78, 5) is 4.30. The molecule has 0 aromatic carbocycles. The first-order valence-electron chi connectivity index (χ1n) is 10.4. The highest BCUT2D eigenvalue weighted by atomic mass is 19.3. The van der Waals surface area contributed by atoms with Gasteiger partial charge in [-0.1, -0.05) is 44.4 Å². The lowest BCUT2D eigenvalue weighted by Gasteiger charge is -2.41. The van der Waals surface area contributed by atoms with E-state index in [-0.39, 0.29) is 0 Å². The predicted octanol–water partition coefficient (Wildman–Crippen LogP) is 8.23. The fourth-order valence-electron chi connectivity index (χ4n) is 4.52. The SMILES string of the molecule is C=CCC(C(OO)C1(CC)CCCC1)C(F)(F)C(F)=C(F)F.CCC1=CCCC1. The molecular formula is C22H33F5O2. The molecular weight excluding hydrogens is 391 g/mol. The van der Waals surface area contributed by atoms with Crippen molar-refractivity contribution >= 4 is 0 Å². The van der Waals surface area contributed by atoms with Crippen molar-refractivity contribution in [1.29, 1.82) is 0 Å². The van der Waals surface area contributed by atoms with Gasteiger partial charge in [0.05, 0.1) is 5.92 Å². The standard InChI is InChI=1S/C15H21F5O2.C7H12/c1-3-7-10(15(19,20)11(16)13(17)18)12(22-21)14(4-2)8-5-6-9-14;1-2-7-5-3-4-6-7/h3,10,12,21H,1,4-9H2,2H3;5H,2-4,6H2,1H3. The maximum atomic E-state index is 14.2. The van der Waals surface area contributed by atoms with Crippen molar-refractivity contribution in [3.05, 3.63) is 36.2 Å². The molecule has 1 fully saturated rings. The molecule has 1 saturated carbocycles. The normalized spacial score (nSPS) is 20.3. The predicted molar refractivity (Wildman–Crippen MR) is 105 cm³/mol. The van der Waals surface area contributed by atoms with Crippen LogP contribution in [-0.2, 0) is 4.89 Å². The van der Waals surface area contributed by atoms with Crippen LogP contribution in [0.3, 0.4) is 0 Å². The van der Waals surface area contributed by atoms with Crippen molar-refractivity contribution in [1.82, 2.24) is 0 Å². The molecule has 2 nitrogen and oxygen atoms in total. The molecule has 0 saturated heterocycles. The fraction of sp³-hybridized carbons (Fsp3) is 0.727. The number of allylic oxidation sites excluding steroid dienone is 4. The largest absolute Gasteiger partial charge is 0.309 e. The maximum absolute atomic E-state index is 14.2. The third-order valence-corrected chi connectivity index (χ3v) is 6.32. The van der Waals surface area contributed by atoms with E-state index in [0.717, 1.165) is 18.9 Å². The van der Waals surface area contributed by atoms with Crippen molar-refractivity contribution in [2.75, 3.05) is 0 Å².